The predicted molar refractivity (Wildman–Crippen MR) is 97.7 cm³/mol. The van der Waals surface area contributed by atoms with E-state index in [1.54, 1.807) is 6.92 Å². The maximum absolute atomic E-state index is 13.2. The Morgan fingerprint density at radius 3 is 2.56 bits per heavy atom. The van der Waals surface area contributed by atoms with Crippen molar-refractivity contribution in [3.63, 3.8) is 0 Å². The van der Waals surface area contributed by atoms with Crippen molar-refractivity contribution in [2.24, 2.45) is 5.92 Å². The number of nitrogens with one attached hydrogen (secondary N) is 1. The van der Waals surface area contributed by atoms with Crippen molar-refractivity contribution in [3.05, 3.63) is 22.7 Å². The van der Waals surface area contributed by atoms with Gasteiger partial charge in [0, 0.05) is 11.6 Å². The van der Waals surface area contributed by atoms with Gasteiger partial charge in [-0.05, 0) is 38.3 Å². The van der Waals surface area contributed by atoms with Crippen LogP contribution in [0.5, 0.6) is 11.5 Å². The second kappa shape index (κ2) is 9.53. The SMILES string of the molecule is CCCOc1c(Cl)cc(C(=O)NC2CCCCC2C(F)(F)F)cc1OCC. The molecule has 152 valence electrons. The molecule has 4 nitrogen and oxygen atoms in total. The van der Waals surface area contributed by atoms with Crippen LogP contribution in [0.15, 0.2) is 12.1 Å². The third kappa shape index (κ3) is 5.67. The highest BCUT2D eigenvalue weighted by Gasteiger charge is 2.46. The molecule has 0 saturated heterocycles. The molecule has 1 saturated carbocycles. The van der Waals surface area contributed by atoms with Gasteiger partial charge < -0.3 is 14.8 Å². The van der Waals surface area contributed by atoms with E-state index in [4.69, 9.17) is 21.1 Å². The van der Waals surface area contributed by atoms with E-state index in [0.29, 0.717) is 44.0 Å². The lowest BCUT2D eigenvalue weighted by Crippen LogP contribution is -2.47. The number of halogens is 4. The maximum atomic E-state index is 13.2. The standard InChI is InChI=1S/C19H25ClF3NO3/c1-3-9-27-17-14(20)10-12(11-16(17)26-4-2)18(25)24-15-8-6-5-7-13(15)19(21,22)23/h10-11,13,15H,3-9H2,1-2H3,(H,24,25). The molecule has 0 bridgehead atoms. The van der Waals surface area contributed by atoms with Gasteiger partial charge in [-0.3, -0.25) is 4.79 Å². The molecule has 8 heteroatoms. The highest BCUT2D eigenvalue weighted by molar-refractivity contribution is 6.32. The number of amides is 1. The fourth-order valence-corrected chi connectivity index (χ4v) is 3.52. The number of ether oxygens (including phenoxy) is 2. The van der Waals surface area contributed by atoms with Gasteiger partial charge in [-0.25, -0.2) is 0 Å². The summed E-state index contributed by atoms with van der Waals surface area (Å²) < 4.78 is 50.8. The molecule has 2 atom stereocenters. The highest BCUT2D eigenvalue weighted by Crippen LogP contribution is 2.39. The molecule has 0 radical (unpaired) electrons. The lowest BCUT2D eigenvalue weighted by molar-refractivity contribution is -0.187. The number of hydrogen-bond acceptors (Lipinski definition) is 3. The zero-order valence-electron chi connectivity index (χ0n) is 15.5. The van der Waals surface area contributed by atoms with Gasteiger partial charge in [0.25, 0.3) is 5.91 Å². The van der Waals surface area contributed by atoms with E-state index >= 15 is 0 Å². The average molecular weight is 408 g/mol. The van der Waals surface area contributed by atoms with E-state index in [9.17, 15) is 18.0 Å². The maximum Gasteiger partial charge on any atom is 0.393 e. The van der Waals surface area contributed by atoms with Gasteiger partial charge in [0.05, 0.1) is 24.2 Å². The molecule has 2 unspecified atom stereocenters. The van der Waals surface area contributed by atoms with Crippen molar-refractivity contribution >= 4 is 17.5 Å². The first-order chi connectivity index (χ1) is 12.8. The molecule has 0 aromatic heterocycles. The summed E-state index contributed by atoms with van der Waals surface area (Å²) in [6.45, 7) is 4.49. The van der Waals surface area contributed by atoms with E-state index in [1.165, 1.54) is 12.1 Å². The number of hydrogen-bond donors (Lipinski definition) is 1. The quantitative estimate of drug-likeness (QED) is 0.660. The van der Waals surface area contributed by atoms with Crippen LogP contribution in [0, 0.1) is 5.92 Å². The number of carbonyl (C=O) groups is 1. The van der Waals surface area contributed by atoms with E-state index < -0.39 is 24.0 Å². The Hall–Kier alpha value is -1.63. The lowest BCUT2D eigenvalue weighted by Gasteiger charge is -2.33. The summed E-state index contributed by atoms with van der Waals surface area (Å²) >= 11 is 6.23. The third-order valence-corrected chi connectivity index (χ3v) is 4.81. The van der Waals surface area contributed by atoms with Crippen LogP contribution in [-0.4, -0.2) is 31.3 Å². The normalized spacial score (nSPS) is 20.2. The van der Waals surface area contributed by atoms with Crippen molar-refractivity contribution in [2.75, 3.05) is 13.2 Å². The number of alkyl halides is 3. The molecule has 1 N–H and O–H groups in total. The molecule has 1 aliphatic rings. The van der Waals surface area contributed by atoms with Crippen molar-refractivity contribution in [1.82, 2.24) is 5.32 Å². The van der Waals surface area contributed by atoms with Crippen molar-refractivity contribution in [2.45, 2.75) is 58.2 Å². The van der Waals surface area contributed by atoms with Crippen LogP contribution in [-0.2, 0) is 0 Å². The highest BCUT2D eigenvalue weighted by atomic mass is 35.5. The van der Waals surface area contributed by atoms with Gasteiger partial charge in [-0.15, -0.1) is 0 Å². The van der Waals surface area contributed by atoms with Crippen LogP contribution in [0.3, 0.4) is 0 Å². The first-order valence-corrected chi connectivity index (χ1v) is 9.62. The molecular weight excluding hydrogens is 383 g/mol. The van der Waals surface area contributed by atoms with Crippen LogP contribution in [0.2, 0.25) is 5.02 Å². The van der Waals surface area contributed by atoms with Gasteiger partial charge in [0.1, 0.15) is 0 Å². The summed E-state index contributed by atoms with van der Waals surface area (Å²) in [6.07, 6.45) is -2.05. The minimum atomic E-state index is -4.33. The van der Waals surface area contributed by atoms with E-state index in [-0.39, 0.29) is 17.0 Å². The van der Waals surface area contributed by atoms with E-state index in [1.807, 2.05) is 6.92 Å². The molecule has 0 spiro atoms. The fourth-order valence-electron chi connectivity index (χ4n) is 3.25. The van der Waals surface area contributed by atoms with Gasteiger partial charge in [-0.2, -0.15) is 13.2 Å². The van der Waals surface area contributed by atoms with Crippen LogP contribution in [0.1, 0.15) is 56.3 Å². The first kappa shape index (κ1) is 21.7. The molecule has 27 heavy (non-hydrogen) atoms. The Morgan fingerprint density at radius 1 is 1.22 bits per heavy atom. The second-order valence-corrected chi connectivity index (χ2v) is 6.99. The summed E-state index contributed by atoms with van der Waals surface area (Å²) in [4.78, 5) is 12.6. The molecule has 1 amide bonds. The summed E-state index contributed by atoms with van der Waals surface area (Å²) in [5.41, 5.74) is 0.152. The topological polar surface area (TPSA) is 47.6 Å². The monoisotopic (exact) mass is 407 g/mol. The molecule has 0 heterocycles. The number of carbonyl (C=O) groups excluding carboxylic acids is 1. The van der Waals surface area contributed by atoms with Gasteiger partial charge in [0.2, 0.25) is 0 Å². The largest absolute Gasteiger partial charge is 0.490 e. The Morgan fingerprint density at radius 2 is 1.93 bits per heavy atom. The van der Waals surface area contributed by atoms with Crippen LogP contribution < -0.4 is 14.8 Å². The van der Waals surface area contributed by atoms with Gasteiger partial charge in [0.15, 0.2) is 11.5 Å². The van der Waals surface area contributed by atoms with Crippen molar-refractivity contribution in [1.29, 1.82) is 0 Å². The number of rotatable bonds is 7. The molecular formula is C19H25ClF3NO3. The molecule has 1 fully saturated rings. The molecule has 0 aliphatic heterocycles. The molecule has 1 aromatic carbocycles. The minimum absolute atomic E-state index is 0.0309. The Bertz CT molecular complexity index is 652. The lowest BCUT2D eigenvalue weighted by atomic mass is 9.84. The summed E-state index contributed by atoms with van der Waals surface area (Å²) in [6, 6.07) is 1.92. The molecule has 1 aliphatic carbocycles. The van der Waals surface area contributed by atoms with Gasteiger partial charge >= 0.3 is 6.18 Å². The summed E-state index contributed by atoms with van der Waals surface area (Å²) in [5.74, 6) is -1.48. The Labute approximate surface area is 162 Å². The van der Waals surface area contributed by atoms with Crippen LogP contribution in [0.25, 0.3) is 0 Å². The van der Waals surface area contributed by atoms with Gasteiger partial charge in [-0.1, -0.05) is 31.4 Å². The average Bonchev–Trinajstić information content (AvgIpc) is 2.60. The predicted octanol–water partition coefficient (Wildman–Crippen LogP) is 5.38. The smallest absolute Gasteiger partial charge is 0.393 e. The first-order valence-electron chi connectivity index (χ1n) is 9.24. The van der Waals surface area contributed by atoms with E-state index in [2.05, 4.69) is 5.32 Å². The zero-order valence-corrected chi connectivity index (χ0v) is 16.3. The van der Waals surface area contributed by atoms with Crippen LogP contribution >= 0.6 is 11.6 Å². The van der Waals surface area contributed by atoms with Crippen LogP contribution in [0.4, 0.5) is 13.2 Å². The molecule has 1 aromatic rings. The third-order valence-electron chi connectivity index (χ3n) is 4.52. The second-order valence-electron chi connectivity index (χ2n) is 6.58. The Kier molecular flexibility index (Phi) is 7.65. The Balaban J connectivity index is 2.22. The number of benzene rings is 1. The zero-order chi connectivity index (χ0) is 20.0. The van der Waals surface area contributed by atoms with Crippen molar-refractivity contribution in [3.8, 4) is 11.5 Å². The molecule has 2 rings (SSSR count). The fraction of sp³-hybridized carbons (Fsp3) is 0.632. The minimum Gasteiger partial charge on any atom is -0.490 e. The summed E-state index contributed by atoms with van der Waals surface area (Å²) in [7, 11) is 0. The van der Waals surface area contributed by atoms with E-state index in [0.717, 1.165) is 6.42 Å². The summed E-state index contributed by atoms with van der Waals surface area (Å²) in [5, 5.41) is 2.73. The van der Waals surface area contributed by atoms with Crippen molar-refractivity contribution < 1.29 is 27.4 Å².